The lowest BCUT2D eigenvalue weighted by atomic mass is 9.74. The van der Waals surface area contributed by atoms with Crippen molar-refractivity contribution in [3.05, 3.63) is 84.2 Å². The standard InChI is InChI=1S/C27H28N2O3/c30-26(29-19-24-17-23-5-1-2-7-25(23)32-24)27(10-14-31-15-11-27)18-20-4-3-6-22(16-20)21-8-12-28-13-9-21/h1-9,12-13,16,24H,10-11,14-15,17-19H2,(H,29,30). The number of fused-ring (bicyclic) bond motifs is 1. The van der Waals surface area contributed by atoms with E-state index in [9.17, 15) is 4.79 Å². The molecule has 32 heavy (non-hydrogen) atoms. The summed E-state index contributed by atoms with van der Waals surface area (Å²) in [6.45, 7) is 1.75. The van der Waals surface area contributed by atoms with Crippen molar-refractivity contribution in [1.82, 2.24) is 10.3 Å². The van der Waals surface area contributed by atoms with Crippen LogP contribution in [-0.2, 0) is 22.4 Å². The number of para-hydroxylation sites is 1. The number of benzene rings is 2. The maximum absolute atomic E-state index is 13.5. The van der Waals surface area contributed by atoms with Crippen LogP contribution >= 0.6 is 0 Å². The van der Waals surface area contributed by atoms with Crippen LogP contribution in [-0.4, -0.2) is 36.8 Å². The lowest BCUT2D eigenvalue weighted by molar-refractivity contribution is -0.137. The van der Waals surface area contributed by atoms with Crippen LogP contribution in [0, 0.1) is 5.41 Å². The molecule has 0 bridgehead atoms. The molecule has 5 nitrogen and oxygen atoms in total. The number of carbonyl (C=O) groups is 1. The van der Waals surface area contributed by atoms with Gasteiger partial charge in [0.15, 0.2) is 0 Å². The minimum atomic E-state index is -0.458. The van der Waals surface area contributed by atoms with Gasteiger partial charge < -0.3 is 14.8 Å². The van der Waals surface area contributed by atoms with Crippen LogP contribution in [0.2, 0.25) is 0 Å². The summed E-state index contributed by atoms with van der Waals surface area (Å²) < 4.78 is 11.6. The molecule has 5 heteroatoms. The number of ether oxygens (including phenoxy) is 2. The fraction of sp³-hybridized carbons (Fsp3) is 0.333. The number of nitrogens with zero attached hydrogens (tertiary/aromatic N) is 1. The zero-order chi connectivity index (χ0) is 21.8. The molecule has 1 unspecified atom stereocenters. The lowest BCUT2D eigenvalue weighted by Crippen LogP contribution is -2.48. The number of hydrogen-bond acceptors (Lipinski definition) is 4. The van der Waals surface area contributed by atoms with Gasteiger partial charge in [-0.3, -0.25) is 9.78 Å². The van der Waals surface area contributed by atoms with Gasteiger partial charge in [-0.25, -0.2) is 0 Å². The Morgan fingerprint density at radius 1 is 1.00 bits per heavy atom. The van der Waals surface area contributed by atoms with Crippen LogP contribution in [0.15, 0.2) is 73.1 Å². The van der Waals surface area contributed by atoms with E-state index in [1.807, 2.05) is 30.3 Å². The van der Waals surface area contributed by atoms with Crippen LogP contribution in [0.5, 0.6) is 5.75 Å². The number of aromatic nitrogens is 1. The van der Waals surface area contributed by atoms with Gasteiger partial charge in [0.25, 0.3) is 0 Å². The highest BCUT2D eigenvalue weighted by Gasteiger charge is 2.40. The highest BCUT2D eigenvalue weighted by Crippen LogP contribution is 2.36. The van der Waals surface area contributed by atoms with Crippen molar-refractivity contribution < 1.29 is 14.3 Å². The van der Waals surface area contributed by atoms with Crippen LogP contribution < -0.4 is 10.1 Å². The van der Waals surface area contributed by atoms with E-state index in [0.29, 0.717) is 26.2 Å². The first kappa shape index (κ1) is 20.7. The summed E-state index contributed by atoms with van der Waals surface area (Å²) in [5, 5.41) is 3.21. The molecular weight excluding hydrogens is 400 g/mol. The first-order valence-corrected chi connectivity index (χ1v) is 11.3. The number of nitrogens with one attached hydrogen (secondary N) is 1. The molecular formula is C27H28N2O3. The molecule has 1 fully saturated rings. The molecule has 3 heterocycles. The van der Waals surface area contributed by atoms with Crippen molar-refractivity contribution in [2.45, 2.75) is 31.8 Å². The van der Waals surface area contributed by atoms with Crippen molar-refractivity contribution in [3.63, 3.8) is 0 Å². The van der Waals surface area contributed by atoms with E-state index in [1.54, 1.807) is 12.4 Å². The smallest absolute Gasteiger partial charge is 0.226 e. The van der Waals surface area contributed by atoms with E-state index in [2.05, 4.69) is 40.6 Å². The molecule has 0 aliphatic carbocycles. The molecule has 1 atom stereocenters. The summed E-state index contributed by atoms with van der Waals surface area (Å²) in [4.78, 5) is 17.6. The summed E-state index contributed by atoms with van der Waals surface area (Å²) in [6.07, 6.45) is 6.59. The summed E-state index contributed by atoms with van der Waals surface area (Å²) in [5.74, 6) is 1.04. The van der Waals surface area contributed by atoms with Crippen LogP contribution in [0.1, 0.15) is 24.0 Å². The highest BCUT2D eigenvalue weighted by molar-refractivity contribution is 5.83. The van der Waals surface area contributed by atoms with Crippen molar-refractivity contribution in [2.75, 3.05) is 19.8 Å². The van der Waals surface area contributed by atoms with Crippen molar-refractivity contribution >= 4 is 5.91 Å². The topological polar surface area (TPSA) is 60.5 Å². The Balaban J connectivity index is 1.29. The van der Waals surface area contributed by atoms with E-state index < -0.39 is 5.41 Å². The van der Waals surface area contributed by atoms with Gasteiger partial charge in [0.1, 0.15) is 11.9 Å². The predicted molar refractivity (Wildman–Crippen MR) is 123 cm³/mol. The molecule has 1 N–H and O–H groups in total. The van der Waals surface area contributed by atoms with E-state index in [0.717, 1.165) is 36.1 Å². The Hall–Kier alpha value is -3.18. The maximum atomic E-state index is 13.5. The summed E-state index contributed by atoms with van der Waals surface area (Å²) in [7, 11) is 0. The number of rotatable bonds is 6. The highest BCUT2D eigenvalue weighted by atomic mass is 16.5. The number of carbonyl (C=O) groups excluding carboxylic acids is 1. The van der Waals surface area contributed by atoms with Gasteiger partial charge >= 0.3 is 0 Å². The van der Waals surface area contributed by atoms with Crippen molar-refractivity contribution in [2.24, 2.45) is 5.41 Å². The third kappa shape index (κ3) is 4.39. The van der Waals surface area contributed by atoms with E-state index in [4.69, 9.17) is 9.47 Å². The second kappa shape index (κ2) is 9.13. The molecule has 0 saturated carbocycles. The minimum Gasteiger partial charge on any atom is -0.488 e. The third-order valence-corrected chi connectivity index (χ3v) is 6.62. The summed E-state index contributed by atoms with van der Waals surface area (Å²) in [6, 6.07) is 20.6. The molecule has 2 aliphatic heterocycles. The van der Waals surface area contributed by atoms with Gasteiger partial charge in [-0.1, -0.05) is 42.5 Å². The average molecular weight is 429 g/mol. The first-order chi connectivity index (χ1) is 15.7. The fourth-order valence-electron chi connectivity index (χ4n) is 4.80. The van der Waals surface area contributed by atoms with Gasteiger partial charge in [0.2, 0.25) is 5.91 Å². The Kier molecular flexibility index (Phi) is 5.91. The van der Waals surface area contributed by atoms with Gasteiger partial charge in [-0.15, -0.1) is 0 Å². The molecule has 1 amide bonds. The monoisotopic (exact) mass is 428 g/mol. The van der Waals surface area contributed by atoms with E-state index in [-0.39, 0.29) is 12.0 Å². The Bertz CT molecular complexity index is 1050. The molecule has 0 radical (unpaired) electrons. The normalized spacial score (nSPS) is 19.1. The summed E-state index contributed by atoms with van der Waals surface area (Å²) >= 11 is 0. The van der Waals surface area contributed by atoms with E-state index >= 15 is 0 Å². The fourth-order valence-corrected chi connectivity index (χ4v) is 4.80. The van der Waals surface area contributed by atoms with Crippen molar-refractivity contribution in [1.29, 1.82) is 0 Å². The Morgan fingerprint density at radius 2 is 1.81 bits per heavy atom. The number of pyridine rings is 1. The first-order valence-electron chi connectivity index (χ1n) is 11.3. The maximum Gasteiger partial charge on any atom is 0.226 e. The quantitative estimate of drug-likeness (QED) is 0.639. The van der Waals surface area contributed by atoms with Crippen LogP contribution in [0.3, 0.4) is 0 Å². The third-order valence-electron chi connectivity index (χ3n) is 6.62. The Labute approximate surface area is 188 Å². The van der Waals surface area contributed by atoms with Crippen LogP contribution in [0.25, 0.3) is 11.1 Å². The molecule has 3 aromatic rings. The Morgan fingerprint density at radius 3 is 2.62 bits per heavy atom. The van der Waals surface area contributed by atoms with Gasteiger partial charge in [0, 0.05) is 32.0 Å². The van der Waals surface area contributed by atoms with Crippen molar-refractivity contribution in [3.8, 4) is 16.9 Å². The molecule has 5 rings (SSSR count). The molecule has 1 saturated heterocycles. The number of hydrogen-bond donors (Lipinski definition) is 1. The molecule has 164 valence electrons. The molecule has 1 aromatic heterocycles. The van der Waals surface area contributed by atoms with Gasteiger partial charge in [-0.05, 0) is 59.7 Å². The van der Waals surface area contributed by atoms with Crippen LogP contribution in [0.4, 0.5) is 0 Å². The lowest BCUT2D eigenvalue weighted by Gasteiger charge is -2.36. The predicted octanol–water partition coefficient (Wildman–Crippen LogP) is 4.21. The van der Waals surface area contributed by atoms with Gasteiger partial charge in [-0.2, -0.15) is 0 Å². The largest absolute Gasteiger partial charge is 0.488 e. The SMILES string of the molecule is O=C(NCC1Cc2ccccc2O1)C1(Cc2cccc(-c3ccncc3)c2)CCOCC1. The molecule has 0 spiro atoms. The zero-order valence-electron chi connectivity index (χ0n) is 18.1. The minimum absolute atomic E-state index is 0.0109. The molecule has 2 aliphatic rings. The second-order valence-electron chi connectivity index (χ2n) is 8.77. The molecule has 2 aromatic carbocycles. The summed E-state index contributed by atoms with van der Waals surface area (Å²) in [5.41, 5.74) is 4.19. The second-order valence-corrected chi connectivity index (χ2v) is 8.77. The average Bonchev–Trinajstić information content (AvgIpc) is 3.27. The zero-order valence-corrected chi connectivity index (χ0v) is 18.1. The number of amides is 1. The van der Waals surface area contributed by atoms with Gasteiger partial charge in [0.05, 0.1) is 12.0 Å². The van der Waals surface area contributed by atoms with E-state index in [1.165, 1.54) is 11.1 Å².